The van der Waals surface area contributed by atoms with Crippen LogP contribution in [0.3, 0.4) is 0 Å². The van der Waals surface area contributed by atoms with Gasteiger partial charge < -0.3 is 4.74 Å². The lowest BCUT2D eigenvalue weighted by Crippen LogP contribution is -2.25. The van der Waals surface area contributed by atoms with E-state index in [1.54, 1.807) is 56.9 Å². The fourth-order valence-electron chi connectivity index (χ4n) is 28.4. The predicted octanol–water partition coefficient (Wildman–Crippen LogP) is 40.0. The normalized spacial score (nSPS) is 31.0. The van der Waals surface area contributed by atoms with E-state index in [1.807, 2.05) is 6.92 Å². The van der Waals surface area contributed by atoms with Crippen LogP contribution in [0.4, 0.5) is 39.5 Å². The maximum absolute atomic E-state index is 13.5. The Labute approximate surface area is 800 Å². The maximum Gasteiger partial charge on any atom is 0.194 e. The van der Waals surface area contributed by atoms with Gasteiger partial charge in [-0.25, -0.2) is 39.5 Å². The average Bonchev–Trinajstić information content (AvgIpc) is 0.821. The summed E-state index contributed by atoms with van der Waals surface area (Å²) in [5.74, 6) is 9.04. The van der Waals surface area contributed by atoms with E-state index in [-0.39, 0.29) is 17.8 Å². The van der Waals surface area contributed by atoms with Crippen molar-refractivity contribution in [2.24, 2.45) is 101 Å². The summed E-state index contributed by atoms with van der Waals surface area (Å²) in [5, 5.41) is 0. The van der Waals surface area contributed by atoms with Gasteiger partial charge in [0.05, 0.1) is 6.61 Å². The van der Waals surface area contributed by atoms with E-state index in [9.17, 15) is 39.5 Å². The smallest absolute Gasteiger partial charge is 0.194 e. The monoisotopic (exact) mass is 1840 g/mol. The van der Waals surface area contributed by atoms with Gasteiger partial charge in [0, 0.05) is 0 Å². The Morgan fingerprint density at radius 1 is 0.212 bits per heavy atom. The fraction of sp³-hybridized carbons (Fsp3) is 0.754. The molecule has 0 heterocycles. The minimum absolute atomic E-state index is 0.182. The molecule has 0 amide bonds. The maximum atomic E-state index is 13.5. The molecule has 11 aliphatic carbocycles. The number of aryl methyl sites for hydroxylation is 1. The van der Waals surface area contributed by atoms with Crippen molar-refractivity contribution >= 4 is 0 Å². The van der Waals surface area contributed by atoms with Gasteiger partial charge in [0.15, 0.2) is 52.4 Å². The summed E-state index contributed by atoms with van der Waals surface area (Å²) < 4.78 is 126. The lowest BCUT2D eigenvalue weighted by atomic mass is 9.68. The fourth-order valence-corrected chi connectivity index (χ4v) is 28.4. The molecule has 10 heteroatoms. The highest BCUT2D eigenvalue weighted by molar-refractivity contribution is 5.31. The molecular weight excluding hydrogens is 1650 g/mol. The predicted molar refractivity (Wildman–Crippen MR) is 538 cm³/mol. The number of ether oxygens (including phenoxy) is 1. The molecule has 0 atom stereocenters. The molecule has 16 rings (SSSR count). The minimum atomic E-state index is -1.35. The van der Waals surface area contributed by atoms with Gasteiger partial charge in [-0.2, -0.15) is 0 Å². The van der Waals surface area contributed by atoms with E-state index < -0.39 is 52.4 Å². The van der Waals surface area contributed by atoms with Gasteiger partial charge in [-0.1, -0.05) is 270 Å². The number of rotatable bonds is 28. The summed E-state index contributed by atoms with van der Waals surface area (Å²) in [6.45, 7) is 21.1. The van der Waals surface area contributed by atoms with Crippen molar-refractivity contribution in [1.29, 1.82) is 0 Å². The highest BCUT2D eigenvalue weighted by Crippen LogP contribution is 2.52. The van der Waals surface area contributed by atoms with Crippen molar-refractivity contribution in [1.82, 2.24) is 0 Å². The summed E-state index contributed by atoms with van der Waals surface area (Å²) in [6.07, 6.45) is 81.6. The first kappa shape index (κ1) is 108. The second-order valence-electron chi connectivity index (χ2n) is 45.4. The molecule has 0 aromatic heterocycles. The van der Waals surface area contributed by atoms with Crippen LogP contribution in [-0.4, -0.2) is 6.61 Å². The number of halogens is 9. The zero-order valence-electron chi connectivity index (χ0n) is 84.7. The molecule has 0 unspecified atom stereocenters. The third kappa shape index (κ3) is 33.8. The molecule has 0 N–H and O–H groups in total. The third-order valence-electron chi connectivity index (χ3n) is 36.8. The van der Waals surface area contributed by atoms with Crippen LogP contribution in [0.2, 0.25) is 0 Å². The molecule has 0 aliphatic heterocycles. The zero-order valence-corrected chi connectivity index (χ0v) is 84.7. The zero-order chi connectivity index (χ0) is 93.7. The highest BCUT2D eigenvalue weighted by atomic mass is 19.2. The summed E-state index contributed by atoms with van der Waals surface area (Å²) in [5.41, 5.74) is 6.40. The number of benzene rings is 5. The van der Waals surface area contributed by atoms with Gasteiger partial charge in [0.2, 0.25) is 0 Å². The first-order valence-electron chi connectivity index (χ1n) is 56.4. The van der Waals surface area contributed by atoms with Gasteiger partial charge >= 0.3 is 0 Å². The van der Waals surface area contributed by atoms with Crippen molar-refractivity contribution in [3.8, 4) is 5.75 Å². The molecule has 5 aromatic carbocycles. The number of unbranched alkanes of at least 4 members (excludes halogenated alkanes) is 3. The molecule has 11 aliphatic rings. The molecule has 742 valence electrons. The topological polar surface area (TPSA) is 9.23 Å². The molecule has 5 aromatic rings. The molecule has 0 bridgehead atoms. The van der Waals surface area contributed by atoms with Crippen LogP contribution < -0.4 is 4.74 Å². The quantitative estimate of drug-likeness (QED) is 0.0276. The molecule has 11 saturated carbocycles. The van der Waals surface area contributed by atoms with Crippen LogP contribution in [0.5, 0.6) is 5.75 Å². The van der Waals surface area contributed by atoms with Crippen LogP contribution >= 0.6 is 0 Å². The Morgan fingerprint density at radius 3 is 0.652 bits per heavy atom. The van der Waals surface area contributed by atoms with Crippen LogP contribution in [0.1, 0.15) is 504 Å². The standard InChI is InChI=1S/C23H33F3.C22H34.C21H29F3.C20H27F3.C19H36.C17H26O/c1-2-3-4-5-16-6-8-17(9-7-16)18-10-12-19(13-11-18)20-14-21(24)23(26)22(25)15-20;1-3-4-18-7-11-20(12-8-18)22-15-13-21(14-16-22)19-9-5-17(2)6-10-19;1-2-3-14-4-6-15(7-5-14)16-8-10-17(11-9-16)18-12-19(22)21(24)20(23)13-18;1-2-13-3-5-14(6-4-13)15-7-9-16(10-8-15)17-11-18(21)20(23)19(22)12-17;1-3-5-7-17-10-14-19(15-11-17)18-12-8-16(6-4-2)9-13-18;1-3-5-14-6-8-15(9-7-14)16-10-12-17(13-11-16)18-4-2/h14-19H,2-13H2,1H3;5-6,9-10,18,20-22H,3-4,7-8,11-16H2,1-2H3;12-17H,2-11H2,1H3;11-16H,2-10H2,1H3;16-19H,3-15H2,1-2H3;10-15H,3-9H2,1-2H3. The molecule has 132 heavy (non-hydrogen) atoms. The van der Waals surface area contributed by atoms with E-state index in [4.69, 9.17) is 4.74 Å². The Balaban J connectivity index is 0.000000153. The summed E-state index contributed by atoms with van der Waals surface area (Å²) in [7, 11) is 0. The van der Waals surface area contributed by atoms with Crippen molar-refractivity contribution in [2.45, 2.75) is 477 Å². The average molecular weight is 1840 g/mol. The second-order valence-corrected chi connectivity index (χ2v) is 45.4. The number of hydrogen-bond acceptors (Lipinski definition) is 1. The van der Waals surface area contributed by atoms with E-state index in [0.717, 1.165) is 202 Å². The van der Waals surface area contributed by atoms with E-state index >= 15 is 0 Å². The van der Waals surface area contributed by atoms with Gasteiger partial charge in [0.1, 0.15) is 5.75 Å². The van der Waals surface area contributed by atoms with Crippen molar-refractivity contribution < 1.29 is 44.3 Å². The molecule has 1 nitrogen and oxygen atoms in total. The van der Waals surface area contributed by atoms with E-state index in [1.165, 1.54) is 304 Å². The van der Waals surface area contributed by atoms with Crippen molar-refractivity contribution in [3.63, 3.8) is 0 Å². The van der Waals surface area contributed by atoms with Crippen LogP contribution in [0, 0.1) is 160 Å². The van der Waals surface area contributed by atoms with Gasteiger partial charge in [-0.15, -0.1) is 0 Å². The lowest BCUT2D eigenvalue weighted by Gasteiger charge is -2.38. The van der Waals surface area contributed by atoms with E-state index in [2.05, 4.69) is 104 Å². The summed E-state index contributed by atoms with van der Waals surface area (Å²) in [6, 6.07) is 25.2. The third-order valence-corrected chi connectivity index (χ3v) is 36.8. The highest BCUT2D eigenvalue weighted by Gasteiger charge is 2.38. The summed E-state index contributed by atoms with van der Waals surface area (Å²) in [4.78, 5) is 0. The van der Waals surface area contributed by atoms with Crippen LogP contribution in [0.25, 0.3) is 0 Å². The lowest BCUT2D eigenvalue weighted by molar-refractivity contribution is 0.140. The second kappa shape index (κ2) is 57.7. The summed E-state index contributed by atoms with van der Waals surface area (Å²) >= 11 is 0. The number of hydrogen-bond donors (Lipinski definition) is 0. The molecule has 0 spiro atoms. The first-order valence-corrected chi connectivity index (χ1v) is 56.4. The Bertz CT molecular complexity index is 3840. The van der Waals surface area contributed by atoms with E-state index in [0.29, 0.717) is 16.7 Å². The van der Waals surface area contributed by atoms with Crippen molar-refractivity contribution in [2.75, 3.05) is 6.61 Å². The van der Waals surface area contributed by atoms with Gasteiger partial charge in [-0.05, 0) is 426 Å². The van der Waals surface area contributed by atoms with Gasteiger partial charge in [0.25, 0.3) is 0 Å². The molecule has 0 radical (unpaired) electrons. The van der Waals surface area contributed by atoms with Gasteiger partial charge in [-0.3, -0.25) is 0 Å². The van der Waals surface area contributed by atoms with Crippen LogP contribution in [0.15, 0.2) is 84.9 Å². The molecule has 0 saturated heterocycles. The first-order chi connectivity index (χ1) is 64.2. The van der Waals surface area contributed by atoms with Crippen LogP contribution in [-0.2, 0) is 0 Å². The largest absolute Gasteiger partial charge is 0.494 e. The van der Waals surface area contributed by atoms with Crippen molar-refractivity contribution in [3.05, 3.63) is 171 Å². The SMILES string of the molecule is CCC1CCC(C2CCC(c3cc(F)c(F)c(F)c3)CC2)CC1.CCCC1CCC(C2CCC(c3cc(F)c(F)c(F)c3)CC2)CC1.CCCC1CCC(C2CCC(c3ccc(C)cc3)CC2)CC1.CCCC1CCC(c2ccc(OCC)cc2)CC1.CCCCC1CCC(C2CCC(CCC)CC2)CC1.CCCCCC1CCC(C2CCC(c3cc(F)c(F)c(F)c3)CC2)CC1. The molecular formula is C122H185F9O. The Hall–Kier alpha value is -4.73. The Kier molecular flexibility index (Phi) is 47.1. The Morgan fingerprint density at radius 2 is 0.417 bits per heavy atom. The molecule has 11 fully saturated rings. The minimum Gasteiger partial charge on any atom is -0.494 e.